The summed E-state index contributed by atoms with van der Waals surface area (Å²) >= 11 is 6.00. The van der Waals surface area contributed by atoms with Crippen LogP contribution in [0.4, 0.5) is 4.39 Å². The van der Waals surface area contributed by atoms with E-state index >= 15 is 0 Å². The van der Waals surface area contributed by atoms with Crippen LogP contribution in [0.25, 0.3) is 0 Å². The second-order valence-corrected chi connectivity index (χ2v) is 9.67. The summed E-state index contributed by atoms with van der Waals surface area (Å²) in [6.45, 7) is 0.285. The van der Waals surface area contributed by atoms with Gasteiger partial charge in [-0.1, -0.05) is 48.0 Å². The van der Waals surface area contributed by atoms with Crippen LogP contribution in [0.2, 0.25) is 5.02 Å². The number of benzene rings is 3. The number of hydrogen-bond donors (Lipinski definition) is 1. The second-order valence-electron chi connectivity index (χ2n) is 7.34. The van der Waals surface area contributed by atoms with Crippen LogP contribution in [-0.4, -0.2) is 24.7 Å². The van der Waals surface area contributed by atoms with Crippen LogP contribution < -0.4 is 5.32 Å². The monoisotopic (exact) mass is 458 g/mol. The van der Waals surface area contributed by atoms with Gasteiger partial charge < -0.3 is 5.32 Å². The predicted octanol–water partition coefficient (Wildman–Crippen LogP) is 3.91. The number of hydrogen-bond acceptors (Lipinski definition) is 3. The normalized spacial score (nSPS) is 16.5. The summed E-state index contributed by atoms with van der Waals surface area (Å²) in [5, 5.41) is 3.38. The van der Waals surface area contributed by atoms with Gasteiger partial charge in [0.1, 0.15) is 11.9 Å². The molecule has 0 unspecified atom stereocenters. The molecule has 0 bridgehead atoms. The number of nitrogens with one attached hydrogen (secondary N) is 1. The van der Waals surface area contributed by atoms with Crippen LogP contribution in [0.5, 0.6) is 0 Å². The van der Waals surface area contributed by atoms with Crippen molar-refractivity contribution in [3.8, 4) is 0 Å². The largest absolute Gasteiger partial charge is 0.351 e. The van der Waals surface area contributed by atoms with Gasteiger partial charge in [0.2, 0.25) is 15.9 Å². The molecule has 5 nitrogen and oxygen atoms in total. The number of carbonyl (C=O) groups is 1. The molecule has 0 saturated carbocycles. The molecule has 0 spiro atoms. The Kier molecular flexibility index (Phi) is 6.09. The fraction of sp³-hybridized carbons (Fsp3) is 0.174. The van der Waals surface area contributed by atoms with Crippen molar-refractivity contribution in [3.63, 3.8) is 0 Å². The number of sulfonamides is 1. The predicted molar refractivity (Wildman–Crippen MR) is 116 cm³/mol. The van der Waals surface area contributed by atoms with E-state index in [0.29, 0.717) is 5.02 Å². The molecule has 0 aliphatic carbocycles. The molecule has 31 heavy (non-hydrogen) atoms. The van der Waals surface area contributed by atoms with Gasteiger partial charge in [0.15, 0.2) is 0 Å². The van der Waals surface area contributed by atoms with Crippen LogP contribution in [-0.2, 0) is 34.3 Å². The van der Waals surface area contributed by atoms with Gasteiger partial charge in [-0.25, -0.2) is 12.8 Å². The summed E-state index contributed by atoms with van der Waals surface area (Å²) in [5.41, 5.74) is 2.58. The highest BCUT2D eigenvalue weighted by molar-refractivity contribution is 7.89. The molecule has 3 aromatic rings. The zero-order valence-electron chi connectivity index (χ0n) is 16.5. The number of carbonyl (C=O) groups excluding carboxylic acids is 1. The van der Waals surface area contributed by atoms with E-state index in [9.17, 15) is 17.6 Å². The number of amides is 1. The quantitative estimate of drug-likeness (QED) is 0.630. The van der Waals surface area contributed by atoms with Crippen LogP contribution >= 0.6 is 11.6 Å². The molecule has 0 fully saturated rings. The van der Waals surface area contributed by atoms with E-state index in [4.69, 9.17) is 11.6 Å². The van der Waals surface area contributed by atoms with Crippen LogP contribution in [0.15, 0.2) is 77.7 Å². The molecule has 0 saturated heterocycles. The number of fused-ring (bicyclic) bond motifs is 1. The van der Waals surface area contributed by atoms with E-state index in [1.54, 1.807) is 18.2 Å². The second kappa shape index (κ2) is 8.78. The molecule has 3 aromatic carbocycles. The Morgan fingerprint density at radius 2 is 1.74 bits per heavy atom. The molecule has 160 valence electrons. The van der Waals surface area contributed by atoms with Crippen molar-refractivity contribution >= 4 is 27.5 Å². The summed E-state index contributed by atoms with van der Waals surface area (Å²) in [4.78, 5) is 13.0. The van der Waals surface area contributed by atoms with Crippen molar-refractivity contribution in [2.75, 3.05) is 0 Å². The SMILES string of the molecule is O=C(NCc1cccc(Cl)c1)[C@@H]1Cc2ccccc2CN1S(=O)(=O)c1ccc(F)cc1. The highest BCUT2D eigenvalue weighted by Crippen LogP contribution is 2.29. The summed E-state index contributed by atoms with van der Waals surface area (Å²) in [7, 11) is -4.02. The molecule has 4 rings (SSSR count). The van der Waals surface area contributed by atoms with Crippen molar-refractivity contribution in [3.05, 3.63) is 100 Å². The number of nitrogens with zero attached hydrogens (tertiary/aromatic N) is 1. The highest BCUT2D eigenvalue weighted by Gasteiger charge is 2.39. The maximum absolute atomic E-state index is 13.3. The first kappa shape index (κ1) is 21.5. The van der Waals surface area contributed by atoms with Crippen molar-refractivity contribution in [2.24, 2.45) is 0 Å². The Hall–Kier alpha value is -2.74. The van der Waals surface area contributed by atoms with Gasteiger partial charge >= 0.3 is 0 Å². The molecular formula is C23H20ClFN2O3S. The van der Waals surface area contributed by atoms with Crippen LogP contribution in [0.1, 0.15) is 16.7 Å². The molecule has 0 radical (unpaired) electrons. The highest BCUT2D eigenvalue weighted by atomic mass is 35.5. The van der Waals surface area contributed by atoms with Gasteiger partial charge in [-0.2, -0.15) is 4.31 Å². The average molecular weight is 459 g/mol. The lowest BCUT2D eigenvalue weighted by molar-refractivity contribution is -0.125. The average Bonchev–Trinajstić information content (AvgIpc) is 2.77. The molecule has 1 heterocycles. The van der Waals surface area contributed by atoms with Crippen molar-refractivity contribution < 1.29 is 17.6 Å². The summed E-state index contributed by atoms with van der Waals surface area (Å²) in [6, 6.07) is 18.2. The zero-order chi connectivity index (χ0) is 22.0. The van der Waals surface area contributed by atoms with Crippen LogP contribution in [0, 0.1) is 5.82 Å². The maximum Gasteiger partial charge on any atom is 0.244 e. The minimum absolute atomic E-state index is 0.0547. The van der Waals surface area contributed by atoms with Crippen molar-refractivity contribution in [2.45, 2.75) is 30.4 Å². The number of halogens is 2. The molecule has 1 aliphatic heterocycles. The number of rotatable bonds is 5. The van der Waals surface area contributed by atoms with Gasteiger partial charge in [0, 0.05) is 18.1 Å². The van der Waals surface area contributed by atoms with E-state index in [1.165, 1.54) is 16.4 Å². The first-order valence-corrected chi connectivity index (χ1v) is 11.5. The van der Waals surface area contributed by atoms with Gasteiger partial charge in [0.05, 0.1) is 4.90 Å². The fourth-order valence-corrected chi connectivity index (χ4v) is 5.45. The third-order valence-corrected chi connectivity index (χ3v) is 7.39. The molecule has 8 heteroatoms. The van der Waals surface area contributed by atoms with Gasteiger partial charge in [-0.3, -0.25) is 4.79 Å². The van der Waals surface area contributed by atoms with E-state index in [2.05, 4.69) is 5.32 Å². The van der Waals surface area contributed by atoms with E-state index in [0.717, 1.165) is 28.8 Å². The lowest BCUT2D eigenvalue weighted by atomic mass is 9.95. The molecule has 1 amide bonds. The summed E-state index contributed by atoms with van der Waals surface area (Å²) in [5.74, 6) is -0.932. The van der Waals surface area contributed by atoms with Gasteiger partial charge in [-0.15, -0.1) is 0 Å². The Bertz CT molecular complexity index is 1220. The first-order valence-electron chi connectivity index (χ1n) is 9.71. The topological polar surface area (TPSA) is 66.5 Å². The van der Waals surface area contributed by atoms with Gasteiger partial charge in [-0.05, 0) is 59.5 Å². The molecule has 1 aliphatic rings. The maximum atomic E-state index is 13.3. The zero-order valence-corrected chi connectivity index (χ0v) is 18.0. The molecular weight excluding hydrogens is 439 g/mol. The standard InChI is InChI=1S/C23H20ClFN2O3S/c24-19-7-3-4-16(12-19)14-26-23(28)22-13-17-5-1-2-6-18(17)15-27(22)31(29,30)21-10-8-20(25)9-11-21/h1-12,22H,13-15H2,(H,26,28)/t22-/m0/s1. The van der Waals surface area contributed by atoms with Gasteiger partial charge in [0.25, 0.3) is 0 Å². The minimum atomic E-state index is -4.02. The fourth-order valence-electron chi connectivity index (χ4n) is 3.67. The lowest BCUT2D eigenvalue weighted by Gasteiger charge is -2.35. The molecule has 1 N–H and O–H groups in total. The summed E-state index contributed by atoms with van der Waals surface area (Å²) < 4.78 is 41.2. The third kappa shape index (κ3) is 4.63. The first-order chi connectivity index (χ1) is 14.8. The van der Waals surface area contributed by atoms with E-state index in [1.807, 2.05) is 30.3 Å². The Balaban J connectivity index is 1.64. The Morgan fingerprint density at radius 3 is 2.45 bits per heavy atom. The molecule has 1 atom stereocenters. The smallest absolute Gasteiger partial charge is 0.244 e. The van der Waals surface area contributed by atoms with Crippen molar-refractivity contribution in [1.82, 2.24) is 9.62 Å². The Morgan fingerprint density at radius 1 is 1.03 bits per heavy atom. The van der Waals surface area contributed by atoms with E-state index < -0.39 is 27.8 Å². The molecule has 0 aromatic heterocycles. The third-order valence-electron chi connectivity index (χ3n) is 5.28. The summed E-state index contributed by atoms with van der Waals surface area (Å²) in [6.07, 6.45) is 0.248. The minimum Gasteiger partial charge on any atom is -0.351 e. The van der Waals surface area contributed by atoms with Crippen molar-refractivity contribution in [1.29, 1.82) is 0 Å². The Labute approximate surface area is 185 Å². The van der Waals surface area contributed by atoms with Crippen LogP contribution in [0.3, 0.4) is 0 Å². The van der Waals surface area contributed by atoms with E-state index in [-0.39, 0.29) is 24.4 Å². The lowest BCUT2D eigenvalue weighted by Crippen LogP contribution is -2.52.